The Bertz CT molecular complexity index is 546. The molecule has 1 aliphatic carbocycles. The summed E-state index contributed by atoms with van der Waals surface area (Å²) >= 11 is 0. The molecule has 1 unspecified atom stereocenters. The molecule has 2 aromatic heterocycles. The van der Waals surface area contributed by atoms with Crippen molar-refractivity contribution in [1.82, 2.24) is 20.1 Å². The van der Waals surface area contributed by atoms with Crippen molar-refractivity contribution in [1.29, 1.82) is 0 Å². The third-order valence-corrected chi connectivity index (χ3v) is 3.88. The quantitative estimate of drug-likeness (QED) is 0.800. The molecule has 2 atom stereocenters. The number of rotatable bonds is 1. The first-order chi connectivity index (χ1) is 8.43. The molecule has 2 aliphatic rings. The highest BCUT2D eigenvalue weighted by molar-refractivity contribution is 5.39. The zero-order valence-corrected chi connectivity index (χ0v) is 9.50. The molecular formula is C13H14N4. The molecule has 4 nitrogen and oxygen atoms in total. The van der Waals surface area contributed by atoms with Crippen LogP contribution < -0.4 is 5.32 Å². The van der Waals surface area contributed by atoms with Crippen molar-refractivity contribution in [3.8, 4) is 5.82 Å². The summed E-state index contributed by atoms with van der Waals surface area (Å²) in [4.78, 5) is 4.39. The molecule has 0 amide bonds. The van der Waals surface area contributed by atoms with Crippen LogP contribution in [0.2, 0.25) is 0 Å². The average Bonchev–Trinajstić information content (AvgIpc) is 2.93. The van der Waals surface area contributed by atoms with E-state index in [-0.39, 0.29) is 0 Å². The van der Waals surface area contributed by atoms with E-state index in [0.29, 0.717) is 11.8 Å². The third kappa shape index (κ3) is 1.27. The standard InChI is InChI=1S/C13H14N4/c1-2-4-15-12(3-1)17-13-10-5-9(6-14-7-10)11(13)8-16-17/h1-4,8-10,14H,5-7H2/t9?,10-/m0/s1. The normalized spacial score (nSPS) is 25.9. The molecule has 2 aromatic rings. The summed E-state index contributed by atoms with van der Waals surface area (Å²) in [6.45, 7) is 2.17. The molecule has 2 bridgehead atoms. The zero-order chi connectivity index (χ0) is 11.2. The van der Waals surface area contributed by atoms with Crippen LogP contribution >= 0.6 is 0 Å². The molecule has 0 spiro atoms. The van der Waals surface area contributed by atoms with Crippen LogP contribution in [0.1, 0.15) is 29.5 Å². The summed E-state index contributed by atoms with van der Waals surface area (Å²) in [6.07, 6.45) is 5.12. The van der Waals surface area contributed by atoms with Crippen molar-refractivity contribution >= 4 is 0 Å². The highest BCUT2D eigenvalue weighted by Crippen LogP contribution is 2.43. The molecule has 1 aliphatic heterocycles. The maximum absolute atomic E-state index is 4.52. The predicted octanol–water partition coefficient (Wildman–Crippen LogP) is 1.44. The molecular weight excluding hydrogens is 212 g/mol. The van der Waals surface area contributed by atoms with Gasteiger partial charge in [0.15, 0.2) is 5.82 Å². The molecule has 0 radical (unpaired) electrons. The molecule has 3 heterocycles. The second-order valence-corrected chi connectivity index (χ2v) is 4.87. The molecule has 4 rings (SSSR count). The first kappa shape index (κ1) is 9.36. The van der Waals surface area contributed by atoms with Gasteiger partial charge >= 0.3 is 0 Å². The van der Waals surface area contributed by atoms with E-state index in [1.807, 2.05) is 35.3 Å². The minimum Gasteiger partial charge on any atom is -0.315 e. The fourth-order valence-corrected chi connectivity index (χ4v) is 3.14. The van der Waals surface area contributed by atoms with Gasteiger partial charge in [-0.3, -0.25) is 0 Å². The highest BCUT2D eigenvalue weighted by atomic mass is 15.3. The lowest BCUT2D eigenvalue weighted by Gasteiger charge is -2.20. The zero-order valence-electron chi connectivity index (χ0n) is 9.50. The summed E-state index contributed by atoms with van der Waals surface area (Å²) in [5.74, 6) is 2.19. The summed E-state index contributed by atoms with van der Waals surface area (Å²) in [7, 11) is 0. The van der Waals surface area contributed by atoms with E-state index in [1.165, 1.54) is 17.7 Å². The van der Waals surface area contributed by atoms with Crippen LogP contribution in [0.5, 0.6) is 0 Å². The molecule has 0 saturated carbocycles. The number of hydrogen-bond acceptors (Lipinski definition) is 3. The Hall–Kier alpha value is -1.68. The van der Waals surface area contributed by atoms with Gasteiger partial charge in [-0.1, -0.05) is 6.07 Å². The first-order valence-corrected chi connectivity index (χ1v) is 6.13. The van der Waals surface area contributed by atoms with E-state index < -0.39 is 0 Å². The van der Waals surface area contributed by atoms with E-state index in [9.17, 15) is 0 Å². The average molecular weight is 226 g/mol. The van der Waals surface area contributed by atoms with Crippen LogP contribution in [0.15, 0.2) is 30.6 Å². The van der Waals surface area contributed by atoms with E-state index in [0.717, 1.165) is 18.9 Å². The van der Waals surface area contributed by atoms with Gasteiger partial charge in [0.25, 0.3) is 0 Å². The van der Waals surface area contributed by atoms with Crippen molar-refractivity contribution in [2.24, 2.45) is 0 Å². The van der Waals surface area contributed by atoms with Crippen molar-refractivity contribution in [2.45, 2.75) is 18.3 Å². The van der Waals surface area contributed by atoms with Crippen LogP contribution in [0.3, 0.4) is 0 Å². The van der Waals surface area contributed by atoms with Crippen molar-refractivity contribution in [2.75, 3.05) is 13.1 Å². The number of nitrogens with zero attached hydrogens (tertiary/aromatic N) is 3. The minimum absolute atomic E-state index is 0.605. The topological polar surface area (TPSA) is 42.7 Å². The van der Waals surface area contributed by atoms with Crippen LogP contribution in [0.4, 0.5) is 0 Å². The molecule has 86 valence electrons. The lowest BCUT2D eigenvalue weighted by Crippen LogP contribution is -2.29. The lowest BCUT2D eigenvalue weighted by atomic mass is 9.98. The smallest absolute Gasteiger partial charge is 0.153 e. The highest BCUT2D eigenvalue weighted by Gasteiger charge is 2.37. The summed E-state index contributed by atoms with van der Waals surface area (Å²) < 4.78 is 2.02. The van der Waals surface area contributed by atoms with Gasteiger partial charge in [-0.05, 0) is 24.1 Å². The first-order valence-electron chi connectivity index (χ1n) is 6.13. The molecule has 4 heteroatoms. The van der Waals surface area contributed by atoms with Gasteiger partial charge in [0, 0.05) is 31.1 Å². The maximum atomic E-state index is 4.52. The van der Waals surface area contributed by atoms with Crippen LogP contribution in [-0.4, -0.2) is 27.9 Å². The summed E-state index contributed by atoms with van der Waals surface area (Å²) in [5, 5.41) is 8.01. The third-order valence-electron chi connectivity index (χ3n) is 3.88. The van der Waals surface area contributed by atoms with Crippen molar-refractivity contribution in [3.63, 3.8) is 0 Å². The predicted molar refractivity (Wildman–Crippen MR) is 64.3 cm³/mol. The van der Waals surface area contributed by atoms with Gasteiger partial charge in [0.2, 0.25) is 0 Å². The van der Waals surface area contributed by atoms with Gasteiger partial charge in [0.1, 0.15) is 0 Å². The number of piperidine rings is 1. The van der Waals surface area contributed by atoms with Crippen LogP contribution in [-0.2, 0) is 0 Å². The largest absolute Gasteiger partial charge is 0.315 e. The molecule has 1 saturated heterocycles. The Morgan fingerprint density at radius 1 is 1.24 bits per heavy atom. The monoisotopic (exact) mass is 226 g/mol. The van der Waals surface area contributed by atoms with E-state index >= 15 is 0 Å². The Kier molecular flexibility index (Phi) is 1.87. The maximum Gasteiger partial charge on any atom is 0.153 e. The number of nitrogens with one attached hydrogen (secondary N) is 1. The number of hydrogen-bond donors (Lipinski definition) is 1. The van der Waals surface area contributed by atoms with Crippen molar-refractivity contribution in [3.05, 3.63) is 41.9 Å². The molecule has 0 aromatic carbocycles. The van der Waals surface area contributed by atoms with E-state index in [4.69, 9.17) is 0 Å². The minimum atomic E-state index is 0.605. The van der Waals surface area contributed by atoms with E-state index in [1.54, 1.807) is 0 Å². The molecule has 1 N–H and O–H groups in total. The van der Waals surface area contributed by atoms with Gasteiger partial charge in [0.05, 0.1) is 11.9 Å². The van der Waals surface area contributed by atoms with Gasteiger partial charge in [-0.25, -0.2) is 9.67 Å². The van der Waals surface area contributed by atoms with E-state index in [2.05, 4.69) is 15.4 Å². The fourth-order valence-electron chi connectivity index (χ4n) is 3.14. The second-order valence-electron chi connectivity index (χ2n) is 4.87. The van der Waals surface area contributed by atoms with Crippen LogP contribution in [0.25, 0.3) is 5.82 Å². The van der Waals surface area contributed by atoms with Gasteiger partial charge in [-0.2, -0.15) is 5.10 Å². The van der Waals surface area contributed by atoms with Crippen LogP contribution in [0, 0.1) is 0 Å². The fraction of sp³-hybridized carbons (Fsp3) is 0.385. The lowest BCUT2D eigenvalue weighted by molar-refractivity contribution is 0.442. The number of aromatic nitrogens is 3. The second kappa shape index (κ2) is 3.40. The van der Waals surface area contributed by atoms with Crippen molar-refractivity contribution < 1.29 is 0 Å². The summed E-state index contributed by atoms with van der Waals surface area (Å²) in [6, 6.07) is 5.96. The van der Waals surface area contributed by atoms with Gasteiger partial charge < -0.3 is 5.32 Å². The number of fused-ring (bicyclic) bond motifs is 5. The number of pyridine rings is 1. The Morgan fingerprint density at radius 3 is 3.06 bits per heavy atom. The Labute approximate surface area is 99.7 Å². The SMILES string of the molecule is c1ccc(-n2ncc3c2[C@@H]2CNCC3C2)nc1. The Morgan fingerprint density at radius 2 is 2.18 bits per heavy atom. The van der Waals surface area contributed by atoms with Gasteiger partial charge in [-0.15, -0.1) is 0 Å². The Balaban J connectivity index is 1.88. The molecule has 1 fully saturated rings. The molecule has 17 heavy (non-hydrogen) atoms. The summed E-state index contributed by atoms with van der Waals surface area (Å²) in [5.41, 5.74) is 2.80.